The summed E-state index contributed by atoms with van der Waals surface area (Å²) in [5.41, 5.74) is 0. The van der Waals surface area contributed by atoms with Gasteiger partial charge in [-0.25, -0.2) is 4.79 Å². The van der Waals surface area contributed by atoms with Crippen molar-refractivity contribution >= 4 is 11.8 Å². The lowest BCUT2D eigenvalue weighted by Crippen LogP contribution is -2.28. The maximum absolute atomic E-state index is 10.7. The molecule has 0 bridgehead atoms. The van der Waals surface area contributed by atoms with Crippen LogP contribution >= 0.6 is 0 Å². The van der Waals surface area contributed by atoms with E-state index in [0.29, 0.717) is 0 Å². The van der Waals surface area contributed by atoms with Gasteiger partial charge in [-0.2, -0.15) is 0 Å². The highest BCUT2D eigenvalue weighted by Gasteiger charge is 2.26. The van der Waals surface area contributed by atoms with Gasteiger partial charge in [-0.05, 0) is 5.18 Å². The highest BCUT2D eigenvalue weighted by molar-refractivity contribution is 6.03. The molecule has 0 aliphatic rings. The van der Waals surface area contributed by atoms with Gasteiger partial charge >= 0.3 is 5.97 Å². The van der Waals surface area contributed by atoms with E-state index in [1.807, 2.05) is 0 Å². The molecule has 0 aromatic rings. The van der Waals surface area contributed by atoms with Gasteiger partial charge in [0.05, 0.1) is 7.11 Å². The summed E-state index contributed by atoms with van der Waals surface area (Å²) in [4.78, 5) is 31.3. The van der Waals surface area contributed by atoms with Crippen LogP contribution in [0.1, 0.15) is 13.3 Å². The molecule has 1 unspecified atom stereocenters. The number of ether oxygens (including phenoxy) is 1. The van der Waals surface area contributed by atoms with Crippen LogP contribution in [-0.4, -0.2) is 24.9 Å². The number of methoxy groups -OCH3 is 1. The summed E-state index contributed by atoms with van der Waals surface area (Å²) in [7, 11) is 1.10. The van der Waals surface area contributed by atoms with Gasteiger partial charge in [0, 0.05) is 6.42 Å². The van der Waals surface area contributed by atoms with E-state index >= 15 is 0 Å². The van der Waals surface area contributed by atoms with Crippen LogP contribution in [0.5, 0.6) is 0 Å². The number of nitroso groups, excluding NO2 is 1. The minimum absolute atomic E-state index is 0.103. The molecule has 0 aromatic heterocycles. The number of rotatable bonds is 4. The Morgan fingerprint density at radius 3 is 2.36 bits per heavy atom. The Balaban J connectivity index is 4.27. The van der Waals surface area contributed by atoms with Crippen LogP contribution < -0.4 is 0 Å². The molecule has 0 saturated heterocycles. The summed E-state index contributed by atoms with van der Waals surface area (Å²) in [5.74, 6) is -1.42. The van der Waals surface area contributed by atoms with E-state index in [4.69, 9.17) is 0 Å². The average molecular weight is 159 g/mol. The van der Waals surface area contributed by atoms with Gasteiger partial charge in [0.2, 0.25) is 6.04 Å². The molecule has 0 aromatic carbocycles. The van der Waals surface area contributed by atoms with Crippen LogP contribution in [0.3, 0.4) is 0 Å². The maximum Gasteiger partial charge on any atom is 0.342 e. The largest absolute Gasteiger partial charge is 0.467 e. The molecule has 1 atom stereocenters. The Labute approximate surface area is 63.7 Å². The quantitative estimate of drug-likeness (QED) is 0.335. The lowest BCUT2D eigenvalue weighted by atomic mass is 10.1. The van der Waals surface area contributed by atoms with E-state index < -0.39 is 17.8 Å². The Hall–Kier alpha value is -1.26. The number of hydrogen-bond acceptors (Lipinski definition) is 5. The molecule has 0 rings (SSSR count). The van der Waals surface area contributed by atoms with E-state index in [-0.39, 0.29) is 6.42 Å². The van der Waals surface area contributed by atoms with E-state index in [9.17, 15) is 14.5 Å². The molecule has 62 valence electrons. The van der Waals surface area contributed by atoms with Crippen molar-refractivity contribution in [2.24, 2.45) is 5.18 Å². The third kappa shape index (κ3) is 2.45. The van der Waals surface area contributed by atoms with Crippen molar-refractivity contribution in [3.05, 3.63) is 4.91 Å². The van der Waals surface area contributed by atoms with E-state index in [1.165, 1.54) is 0 Å². The number of carbonyl (C=O) groups is 2. The zero-order valence-electron chi connectivity index (χ0n) is 6.36. The first-order valence-electron chi connectivity index (χ1n) is 3.10. The van der Waals surface area contributed by atoms with Crippen molar-refractivity contribution in [3.8, 4) is 0 Å². The number of nitrogens with zero attached hydrogens (tertiary/aromatic N) is 1. The van der Waals surface area contributed by atoms with Crippen molar-refractivity contribution in [2.75, 3.05) is 7.11 Å². The lowest BCUT2D eigenvalue weighted by Gasteiger charge is -2.02. The number of esters is 1. The summed E-state index contributed by atoms with van der Waals surface area (Å²) in [5, 5.41) is 2.36. The van der Waals surface area contributed by atoms with E-state index in [1.54, 1.807) is 6.92 Å². The van der Waals surface area contributed by atoms with Gasteiger partial charge < -0.3 is 4.74 Å². The molecule has 0 amide bonds. The smallest absolute Gasteiger partial charge is 0.342 e. The SMILES string of the molecule is CCC(=O)C(N=O)C(=O)OC. The molecular formula is C6H9NO4. The molecule has 0 fully saturated rings. The fourth-order valence-corrected chi connectivity index (χ4v) is 0.538. The topological polar surface area (TPSA) is 72.8 Å². The molecule has 5 heteroatoms. The van der Waals surface area contributed by atoms with Crippen molar-refractivity contribution in [3.63, 3.8) is 0 Å². The highest BCUT2D eigenvalue weighted by atomic mass is 16.5. The van der Waals surface area contributed by atoms with Gasteiger partial charge in [0.1, 0.15) is 0 Å². The molecule has 11 heavy (non-hydrogen) atoms. The van der Waals surface area contributed by atoms with Crippen molar-refractivity contribution in [2.45, 2.75) is 19.4 Å². The molecule has 0 saturated carbocycles. The van der Waals surface area contributed by atoms with Crippen molar-refractivity contribution in [1.29, 1.82) is 0 Å². The predicted molar refractivity (Wildman–Crippen MR) is 36.9 cm³/mol. The fraction of sp³-hybridized carbons (Fsp3) is 0.667. The van der Waals surface area contributed by atoms with Gasteiger partial charge in [0.15, 0.2) is 5.78 Å². The first kappa shape index (κ1) is 9.74. The Bertz CT molecular complexity index is 161. The summed E-state index contributed by atoms with van der Waals surface area (Å²) in [6, 6.07) is -1.48. The highest BCUT2D eigenvalue weighted by Crippen LogP contribution is 1.98. The van der Waals surface area contributed by atoms with Crippen LogP contribution in [0.25, 0.3) is 0 Å². The van der Waals surface area contributed by atoms with Crippen LogP contribution in [0.2, 0.25) is 0 Å². The zero-order valence-corrected chi connectivity index (χ0v) is 6.36. The number of carbonyl (C=O) groups excluding carboxylic acids is 2. The number of Topliss-reactive ketones (excluding diaryl/α,β-unsaturated/α-hetero) is 1. The minimum atomic E-state index is -1.48. The summed E-state index contributed by atoms with van der Waals surface area (Å²) in [6.07, 6.45) is 0.103. The second-order valence-corrected chi connectivity index (χ2v) is 1.85. The second kappa shape index (κ2) is 4.54. The molecule has 0 N–H and O–H groups in total. The molecule has 0 spiro atoms. The van der Waals surface area contributed by atoms with Crippen LogP contribution in [0.4, 0.5) is 0 Å². The van der Waals surface area contributed by atoms with E-state index in [2.05, 4.69) is 9.91 Å². The number of ketones is 1. The predicted octanol–water partition coefficient (Wildman–Crippen LogP) is 0.273. The average Bonchev–Trinajstić information content (AvgIpc) is 2.05. The van der Waals surface area contributed by atoms with Crippen LogP contribution in [-0.2, 0) is 14.3 Å². The minimum Gasteiger partial charge on any atom is -0.467 e. The Morgan fingerprint density at radius 1 is 1.55 bits per heavy atom. The Kier molecular flexibility index (Phi) is 4.02. The number of hydrogen-bond donors (Lipinski definition) is 0. The first-order chi connectivity index (χ1) is 5.17. The molecule has 0 aliphatic carbocycles. The van der Waals surface area contributed by atoms with Crippen molar-refractivity contribution in [1.82, 2.24) is 0 Å². The standard InChI is InChI=1S/C6H9NO4/c1-3-4(8)5(7-10)6(9)11-2/h5H,3H2,1-2H3. The summed E-state index contributed by atoms with van der Waals surface area (Å²) >= 11 is 0. The second-order valence-electron chi connectivity index (χ2n) is 1.85. The fourth-order valence-electron chi connectivity index (χ4n) is 0.538. The third-order valence-electron chi connectivity index (χ3n) is 1.18. The first-order valence-corrected chi connectivity index (χ1v) is 3.10. The lowest BCUT2D eigenvalue weighted by molar-refractivity contribution is -0.145. The maximum atomic E-state index is 10.7. The Morgan fingerprint density at radius 2 is 2.09 bits per heavy atom. The van der Waals surface area contributed by atoms with Gasteiger partial charge in [-0.15, -0.1) is 4.91 Å². The van der Waals surface area contributed by atoms with Crippen LogP contribution in [0.15, 0.2) is 5.18 Å². The third-order valence-corrected chi connectivity index (χ3v) is 1.18. The molecule has 0 radical (unpaired) electrons. The van der Waals surface area contributed by atoms with E-state index in [0.717, 1.165) is 7.11 Å². The van der Waals surface area contributed by atoms with Gasteiger partial charge in [-0.3, -0.25) is 4.79 Å². The summed E-state index contributed by atoms with van der Waals surface area (Å²) in [6.45, 7) is 1.55. The monoisotopic (exact) mass is 159 g/mol. The summed E-state index contributed by atoms with van der Waals surface area (Å²) < 4.78 is 4.17. The molecule has 0 aliphatic heterocycles. The molecule has 0 heterocycles. The normalized spacial score (nSPS) is 11.8. The van der Waals surface area contributed by atoms with Gasteiger partial charge in [-0.1, -0.05) is 6.92 Å². The molecular weight excluding hydrogens is 150 g/mol. The zero-order chi connectivity index (χ0) is 8.85. The van der Waals surface area contributed by atoms with Gasteiger partial charge in [0.25, 0.3) is 0 Å². The molecule has 5 nitrogen and oxygen atoms in total. The van der Waals surface area contributed by atoms with Crippen molar-refractivity contribution < 1.29 is 14.3 Å². The van der Waals surface area contributed by atoms with Crippen LogP contribution in [0, 0.1) is 4.91 Å².